The zero-order valence-corrected chi connectivity index (χ0v) is 20.0. The number of phenols is 1. The van der Waals surface area contributed by atoms with E-state index in [2.05, 4.69) is 15.3 Å². The molecule has 0 spiro atoms. The van der Waals surface area contributed by atoms with Crippen molar-refractivity contribution in [1.82, 2.24) is 9.97 Å². The molecule has 1 amide bonds. The number of nitrogens with two attached hydrogens (primary N) is 1. The van der Waals surface area contributed by atoms with E-state index in [1.807, 2.05) is 19.1 Å². The van der Waals surface area contributed by atoms with Crippen molar-refractivity contribution in [3.05, 3.63) is 82.8 Å². The van der Waals surface area contributed by atoms with E-state index in [1.54, 1.807) is 6.20 Å². The lowest BCUT2D eigenvalue weighted by molar-refractivity contribution is -0.184. The number of aromatic nitrogens is 2. The van der Waals surface area contributed by atoms with Gasteiger partial charge >= 0.3 is 0 Å². The Balaban J connectivity index is 1.44. The van der Waals surface area contributed by atoms with Gasteiger partial charge in [-0.2, -0.15) is 0 Å². The van der Waals surface area contributed by atoms with Gasteiger partial charge in [0.1, 0.15) is 34.4 Å². The number of hydrogen-bond donors (Lipinski definition) is 4. The van der Waals surface area contributed by atoms with Crippen LogP contribution in [0.2, 0.25) is 0 Å². The Morgan fingerprint density at radius 1 is 1.22 bits per heavy atom. The Morgan fingerprint density at radius 3 is 2.68 bits per heavy atom. The zero-order chi connectivity index (χ0) is 26.3. The molecule has 10 heteroatoms. The van der Waals surface area contributed by atoms with E-state index in [1.165, 1.54) is 12.3 Å². The van der Waals surface area contributed by atoms with E-state index in [4.69, 9.17) is 10.5 Å². The first kappa shape index (κ1) is 24.9. The van der Waals surface area contributed by atoms with Crippen molar-refractivity contribution in [2.45, 2.75) is 37.3 Å². The van der Waals surface area contributed by atoms with Crippen molar-refractivity contribution in [1.29, 1.82) is 0 Å². The molecule has 37 heavy (non-hydrogen) atoms. The van der Waals surface area contributed by atoms with Gasteiger partial charge in [0.25, 0.3) is 5.91 Å². The topological polar surface area (TPSA) is 131 Å². The lowest BCUT2D eigenvalue weighted by Gasteiger charge is -2.36. The van der Waals surface area contributed by atoms with Crippen LogP contribution >= 0.6 is 0 Å². The highest BCUT2D eigenvalue weighted by Crippen LogP contribution is 2.39. The van der Waals surface area contributed by atoms with Gasteiger partial charge in [0.15, 0.2) is 0 Å². The number of aromatic hydroxyl groups is 1. The molecule has 192 valence electrons. The summed E-state index contributed by atoms with van der Waals surface area (Å²) in [6, 6.07) is 6.02. The van der Waals surface area contributed by atoms with Gasteiger partial charge in [0.05, 0.1) is 30.7 Å². The van der Waals surface area contributed by atoms with Gasteiger partial charge in [-0.1, -0.05) is 11.6 Å². The van der Waals surface area contributed by atoms with Gasteiger partial charge in [0.2, 0.25) is 0 Å². The maximum absolute atomic E-state index is 15.0. The quantitative estimate of drug-likeness (QED) is 0.386. The Morgan fingerprint density at radius 2 is 2.00 bits per heavy atom. The van der Waals surface area contributed by atoms with Crippen LogP contribution in [-0.2, 0) is 10.3 Å². The van der Waals surface area contributed by atoms with Crippen LogP contribution in [0.1, 0.15) is 47.3 Å². The van der Waals surface area contributed by atoms with E-state index in [0.29, 0.717) is 12.1 Å². The molecule has 1 aliphatic carbocycles. The highest BCUT2D eigenvalue weighted by Gasteiger charge is 2.39. The van der Waals surface area contributed by atoms with E-state index in [-0.39, 0.29) is 36.4 Å². The predicted octanol–water partition coefficient (Wildman–Crippen LogP) is 3.75. The largest absolute Gasteiger partial charge is 0.507 e. The summed E-state index contributed by atoms with van der Waals surface area (Å²) < 4.78 is 34.7. The molecular weight excluding hydrogens is 482 g/mol. The minimum absolute atomic E-state index is 0.0491. The fraction of sp³-hybridized carbons (Fsp3) is 0.296. The number of hydrogen-bond acceptors (Lipinski definition) is 7. The van der Waals surface area contributed by atoms with Crippen LogP contribution in [0, 0.1) is 11.6 Å². The molecule has 1 fully saturated rings. The van der Waals surface area contributed by atoms with Crippen molar-refractivity contribution in [3.63, 3.8) is 0 Å². The number of pyridine rings is 2. The van der Waals surface area contributed by atoms with Crippen molar-refractivity contribution in [3.8, 4) is 17.0 Å². The molecule has 5 N–H and O–H groups in total. The fourth-order valence-corrected chi connectivity index (χ4v) is 4.89. The number of amides is 1. The molecule has 2 aliphatic rings. The molecular formula is C27H26F2N4O4. The summed E-state index contributed by atoms with van der Waals surface area (Å²) in [5.74, 6) is -3.11. The molecule has 0 saturated carbocycles. The number of carbonyl (C=O) groups is 1. The predicted molar refractivity (Wildman–Crippen MR) is 132 cm³/mol. The Hall–Kier alpha value is -3.73. The van der Waals surface area contributed by atoms with Crippen molar-refractivity contribution < 1.29 is 28.5 Å². The molecule has 0 bridgehead atoms. The Bertz CT molecular complexity index is 1380. The van der Waals surface area contributed by atoms with Gasteiger partial charge in [-0.3, -0.25) is 9.78 Å². The van der Waals surface area contributed by atoms with Gasteiger partial charge in [-0.25, -0.2) is 13.8 Å². The number of nitrogens with one attached hydrogen (secondary N) is 1. The molecule has 1 saturated heterocycles. The van der Waals surface area contributed by atoms with Gasteiger partial charge in [0, 0.05) is 12.2 Å². The second-order valence-corrected chi connectivity index (χ2v) is 9.63. The molecule has 0 radical (unpaired) electrons. The van der Waals surface area contributed by atoms with Gasteiger partial charge < -0.3 is 26.0 Å². The van der Waals surface area contributed by atoms with E-state index >= 15 is 4.39 Å². The number of allylic oxidation sites excluding steroid dienone is 1. The third kappa shape index (κ3) is 4.83. The lowest BCUT2D eigenvalue weighted by Crippen LogP contribution is -2.46. The number of rotatable bonds is 5. The second-order valence-electron chi connectivity index (χ2n) is 9.63. The standard InChI is InChI=1S/C27H26F2N4O4/c1-14-6-15(8-17(30)7-14)18-4-5-31-11-22(18)33-26(35)21-3-2-19(28)25(32-21)24-20(29)9-16(10-23(24)34)27(36)12-37-13-27/h2-5,7,9-11,15,17,34,36H,6,8,12-13,30H2,1H3,(H,33,35). The summed E-state index contributed by atoms with van der Waals surface area (Å²) in [7, 11) is 0. The molecule has 1 aliphatic heterocycles. The summed E-state index contributed by atoms with van der Waals surface area (Å²) in [6.07, 6.45) is 6.69. The maximum atomic E-state index is 15.0. The van der Waals surface area contributed by atoms with Crippen molar-refractivity contribution >= 4 is 11.6 Å². The van der Waals surface area contributed by atoms with Crippen LogP contribution in [0.15, 0.2) is 54.4 Å². The average Bonchev–Trinajstić information content (AvgIpc) is 2.82. The minimum atomic E-state index is -1.43. The normalized spacial score (nSPS) is 20.6. The molecule has 3 heterocycles. The van der Waals surface area contributed by atoms with Crippen LogP contribution in [0.5, 0.6) is 5.75 Å². The number of benzene rings is 1. The number of halogens is 2. The number of carbonyl (C=O) groups excluding carboxylic acids is 1. The highest BCUT2D eigenvalue weighted by molar-refractivity contribution is 6.03. The van der Waals surface area contributed by atoms with Gasteiger partial charge in [-0.05, 0) is 67.1 Å². The monoisotopic (exact) mass is 508 g/mol. The summed E-state index contributed by atoms with van der Waals surface area (Å²) in [4.78, 5) is 21.3. The fourth-order valence-electron chi connectivity index (χ4n) is 4.89. The zero-order valence-electron chi connectivity index (χ0n) is 20.0. The number of anilines is 1. The van der Waals surface area contributed by atoms with Crippen LogP contribution < -0.4 is 11.1 Å². The first-order chi connectivity index (χ1) is 17.6. The van der Waals surface area contributed by atoms with Crippen molar-refractivity contribution in [2.75, 3.05) is 18.5 Å². The summed E-state index contributed by atoms with van der Waals surface area (Å²) >= 11 is 0. The first-order valence-electron chi connectivity index (χ1n) is 11.8. The summed E-state index contributed by atoms with van der Waals surface area (Å²) in [5.41, 5.74) is 6.10. The number of phenolic OH excluding ortho intramolecular Hbond substituents is 1. The SMILES string of the molecule is CC1=CC(N)CC(c2ccncc2NC(=O)c2ccc(F)c(-c3c(O)cc(C4(O)COC4)cc3F)n2)C1. The van der Waals surface area contributed by atoms with Gasteiger partial charge in [-0.15, -0.1) is 0 Å². The van der Waals surface area contributed by atoms with E-state index in [0.717, 1.165) is 35.8 Å². The maximum Gasteiger partial charge on any atom is 0.274 e. The minimum Gasteiger partial charge on any atom is -0.507 e. The van der Waals surface area contributed by atoms with Crippen molar-refractivity contribution in [2.24, 2.45) is 5.73 Å². The van der Waals surface area contributed by atoms with Crippen LogP contribution in [0.25, 0.3) is 11.3 Å². The third-order valence-corrected chi connectivity index (χ3v) is 6.77. The molecule has 2 unspecified atom stereocenters. The number of aliphatic hydroxyl groups is 1. The Kier molecular flexibility index (Phi) is 6.49. The smallest absolute Gasteiger partial charge is 0.274 e. The third-order valence-electron chi connectivity index (χ3n) is 6.77. The second kappa shape index (κ2) is 9.62. The van der Waals surface area contributed by atoms with Crippen LogP contribution in [0.3, 0.4) is 0 Å². The molecule has 2 atom stereocenters. The number of nitrogens with zero attached hydrogens (tertiary/aromatic N) is 2. The molecule has 2 aromatic heterocycles. The highest BCUT2D eigenvalue weighted by atomic mass is 19.1. The number of ether oxygens (including phenoxy) is 1. The van der Waals surface area contributed by atoms with Crippen LogP contribution in [-0.4, -0.2) is 45.3 Å². The molecule has 8 nitrogen and oxygen atoms in total. The van der Waals surface area contributed by atoms with E-state index < -0.39 is 40.1 Å². The van der Waals surface area contributed by atoms with E-state index in [9.17, 15) is 19.4 Å². The molecule has 1 aromatic carbocycles. The molecule has 5 rings (SSSR count). The summed E-state index contributed by atoms with van der Waals surface area (Å²) in [5, 5.41) is 23.7. The average molecular weight is 509 g/mol. The molecule has 3 aromatic rings. The van der Waals surface area contributed by atoms with Crippen LogP contribution in [0.4, 0.5) is 14.5 Å². The lowest BCUT2D eigenvalue weighted by atomic mass is 9.82. The Labute approximate surface area is 211 Å². The first-order valence-corrected chi connectivity index (χ1v) is 11.8. The summed E-state index contributed by atoms with van der Waals surface area (Å²) in [6.45, 7) is 1.91.